The van der Waals surface area contributed by atoms with Crippen molar-refractivity contribution in [2.75, 3.05) is 11.9 Å². The summed E-state index contributed by atoms with van der Waals surface area (Å²) in [5.41, 5.74) is 2.10. The lowest BCUT2D eigenvalue weighted by molar-refractivity contribution is -0.274. The van der Waals surface area contributed by atoms with Crippen LogP contribution in [0.1, 0.15) is 67.4 Å². The van der Waals surface area contributed by atoms with Gasteiger partial charge in [-0.05, 0) is 78.6 Å². The Kier molecular flexibility index (Phi) is 15.2. The number of alkyl halides is 3. The molecule has 0 radical (unpaired) electrons. The molecule has 3 unspecified atom stereocenters. The van der Waals surface area contributed by atoms with Crippen molar-refractivity contribution in [3.05, 3.63) is 113 Å². The number of aliphatic hydroxyl groups is 2. The van der Waals surface area contributed by atoms with Gasteiger partial charge in [0.15, 0.2) is 6.29 Å². The highest BCUT2D eigenvalue weighted by molar-refractivity contribution is 5.96. The number of nitrogens with one attached hydrogen (secondary N) is 2. The van der Waals surface area contributed by atoms with Crippen LogP contribution in [0.15, 0.2) is 96.6 Å². The average Bonchev–Trinajstić information content (AvgIpc) is 3.11. The lowest BCUT2D eigenvalue weighted by Crippen LogP contribution is -2.44. The number of esters is 1. The SMILES string of the molecule is CCCCCCCOC1C=CC(C(=O)Oc2ccc(CC(NC(=O)c3ccc(NC(=O)Cc4ccc(OC(F)(F)F)cc4)cc3)C(O)O)cc2)=CC1C. The van der Waals surface area contributed by atoms with Gasteiger partial charge in [0.05, 0.1) is 24.1 Å². The summed E-state index contributed by atoms with van der Waals surface area (Å²) in [5, 5.41) is 25.2. The molecule has 53 heavy (non-hydrogen) atoms. The van der Waals surface area contributed by atoms with Crippen LogP contribution in [0.2, 0.25) is 0 Å². The molecule has 0 saturated heterocycles. The summed E-state index contributed by atoms with van der Waals surface area (Å²) in [4.78, 5) is 38.2. The van der Waals surface area contributed by atoms with E-state index in [1.54, 1.807) is 30.3 Å². The van der Waals surface area contributed by atoms with Crippen LogP contribution in [0.4, 0.5) is 18.9 Å². The Balaban J connectivity index is 1.23. The maximum atomic E-state index is 12.9. The van der Waals surface area contributed by atoms with E-state index in [9.17, 15) is 37.8 Å². The highest BCUT2D eigenvalue weighted by Crippen LogP contribution is 2.24. The number of ether oxygens (including phenoxy) is 3. The van der Waals surface area contributed by atoms with Crippen molar-refractivity contribution in [2.45, 2.75) is 83.6 Å². The molecule has 0 spiro atoms. The Morgan fingerprint density at radius 3 is 2.11 bits per heavy atom. The molecule has 0 aliphatic heterocycles. The maximum Gasteiger partial charge on any atom is 0.573 e. The fourth-order valence-corrected chi connectivity index (χ4v) is 5.58. The van der Waals surface area contributed by atoms with E-state index in [-0.39, 0.29) is 30.4 Å². The van der Waals surface area contributed by atoms with Gasteiger partial charge < -0.3 is 35.1 Å². The van der Waals surface area contributed by atoms with Gasteiger partial charge in [0, 0.05) is 23.8 Å². The molecule has 0 bridgehead atoms. The molecule has 3 atom stereocenters. The summed E-state index contributed by atoms with van der Waals surface area (Å²) < 4.78 is 52.4. The highest BCUT2D eigenvalue weighted by atomic mass is 19.4. The van der Waals surface area contributed by atoms with Gasteiger partial charge in [0.25, 0.3) is 5.91 Å². The largest absolute Gasteiger partial charge is 0.573 e. The average molecular weight is 739 g/mol. The summed E-state index contributed by atoms with van der Waals surface area (Å²) >= 11 is 0. The molecular weight excluding hydrogens is 693 g/mol. The van der Waals surface area contributed by atoms with Crippen LogP contribution < -0.4 is 20.1 Å². The number of amides is 2. The number of carbonyl (C=O) groups excluding carboxylic acids is 3. The summed E-state index contributed by atoms with van der Waals surface area (Å²) in [6, 6.07) is 16.2. The molecule has 1 aliphatic carbocycles. The standard InChI is InChI=1S/C40H45F3N2O8/c1-3-4-5-6-7-22-51-35-21-14-30(23-26(35)2)39(50)52-32-17-8-27(9-18-32)24-34(38(48)49)45-37(47)29-12-15-31(16-13-29)44-36(46)25-28-10-19-33(20-11-28)53-40(41,42)43/h8-21,23,26,34-35,38,48-49H,3-7,22,24-25H2,1-2H3,(H,44,46)(H,45,47). The molecule has 0 aromatic heterocycles. The third-order valence-electron chi connectivity index (χ3n) is 8.44. The molecule has 2 amide bonds. The molecule has 10 nitrogen and oxygen atoms in total. The second kappa shape index (κ2) is 19.7. The summed E-state index contributed by atoms with van der Waals surface area (Å²) in [6.45, 7) is 4.85. The molecule has 13 heteroatoms. The van der Waals surface area contributed by atoms with E-state index in [1.807, 2.05) is 19.1 Å². The van der Waals surface area contributed by atoms with Crippen molar-refractivity contribution in [1.82, 2.24) is 5.32 Å². The maximum absolute atomic E-state index is 12.9. The van der Waals surface area contributed by atoms with Crippen LogP contribution in [0.5, 0.6) is 11.5 Å². The lowest BCUT2D eigenvalue weighted by Gasteiger charge is -2.23. The van der Waals surface area contributed by atoms with Crippen molar-refractivity contribution in [3.8, 4) is 11.5 Å². The van der Waals surface area contributed by atoms with Gasteiger partial charge in [-0.25, -0.2) is 4.79 Å². The molecule has 1 aliphatic rings. The highest BCUT2D eigenvalue weighted by Gasteiger charge is 2.31. The zero-order valence-electron chi connectivity index (χ0n) is 29.6. The molecule has 4 rings (SSSR count). The van der Waals surface area contributed by atoms with Crippen LogP contribution in [0, 0.1) is 5.92 Å². The van der Waals surface area contributed by atoms with Crippen LogP contribution in [0.25, 0.3) is 0 Å². The number of aliphatic hydroxyl groups excluding tert-OH is 1. The Morgan fingerprint density at radius 1 is 0.849 bits per heavy atom. The first-order valence-corrected chi connectivity index (χ1v) is 17.5. The quantitative estimate of drug-likeness (QED) is 0.0483. The number of benzene rings is 3. The molecule has 284 valence electrons. The van der Waals surface area contributed by atoms with Crippen LogP contribution >= 0.6 is 0 Å². The summed E-state index contributed by atoms with van der Waals surface area (Å²) in [7, 11) is 0. The Bertz CT molecular complexity index is 1710. The van der Waals surface area contributed by atoms with E-state index in [4.69, 9.17) is 9.47 Å². The van der Waals surface area contributed by atoms with E-state index in [0.29, 0.717) is 34.7 Å². The number of carbonyl (C=O) groups is 3. The molecule has 0 saturated carbocycles. The molecule has 0 heterocycles. The predicted molar refractivity (Wildman–Crippen MR) is 192 cm³/mol. The monoisotopic (exact) mass is 738 g/mol. The zero-order valence-corrected chi connectivity index (χ0v) is 29.6. The summed E-state index contributed by atoms with van der Waals surface area (Å²) in [6.07, 6.45) is 4.36. The molecule has 3 aromatic rings. The number of rotatable bonds is 18. The number of hydrogen-bond acceptors (Lipinski definition) is 8. The first kappa shape index (κ1) is 40.8. The Morgan fingerprint density at radius 2 is 1.49 bits per heavy atom. The van der Waals surface area contributed by atoms with Gasteiger partial charge in [0.1, 0.15) is 11.5 Å². The topological polar surface area (TPSA) is 143 Å². The minimum Gasteiger partial charge on any atom is -0.423 e. The van der Waals surface area contributed by atoms with Gasteiger partial charge in [-0.3, -0.25) is 9.59 Å². The Labute approximate surface area is 306 Å². The minimum atomic E-state index is -4.81. The second-order valence-corrected chi connectivity index (χ2v) is 12.8. The molecule has 4 N–H and O–H groups in total. The van der Waals surface area contributed by atoms with Gasteiger partial charge >= 0.3 is 12.3 Å². The lowest BCUT2D eigenvalue weighted by atomic mass is 9.95. The normalized spacial score (nSPS) is 16.1. The molecule has 0 fully saturated rings. The van der Waals surface area contributed by atoms with Gasteiger partial charge in [-0.15, -0.1) is 13.2 Å². The first-order chi connectivity index (χ1) is 25.3. The fourth-order valence-electron chi connectivity index (χ4n) is 5.58. The van der Waals surface area contributed by atoms with E-state index >= 15 is 0 Å². The third-order valence-corrected chi connectivity index (χ3v) is 8.44. The van der Waals surface area contributed by atoms with Crippen molar-refractivity contribution in [3.63, 3.8) is 0 Å². The second-order valence-electron chi connectivity index (χ2n) is 12.8. The van der Waals surface area contributed by atoms with Gasteiger partial charge in [-0.2, -0.15) is 0 Å². The molecular formula is C40H45F3N2O8. The Hall–Kier alpha value is -4.98. The third kappa shape index (κ3) is 13.8. The smallest absolute Gasteiger partial charge is 0.423 e. The predicted octanol–water partition coefficient (Wildman–Crippen LogP) is 6.81. The van der Waals surface area contributed by atoms with Crippen LogP contribution in [-0.2, 0) is 27.2 Å². The first-order valence-electron chi connectivity index (χ1n) is 17.5. The number of halogens is 3. The van der Waals surface area contributed by atoms with Crippen LogP contribution in [0.3, 0.4) is 0 Å². The molecule has 3 aromatic carbocycles. The van der Waals surface area contributed by atoms with E-state index < -0.39 is 42.2 Å². The minimum absolute atomic E-state index is 0.00809. The van der Waals surface area contributed by atoms with Gasteiger partial charge in [0.2, 0.25) is 5.91 Å². The van der Waals surface area contributed by atoms with Crippen molar-refractivity contribution >= 4 is 23.5 Å². The zero-order chi connectivity index (χ0) is 38.4. The number of anilines is 1. The van der Waals surface area contributed by atoms with E-state index in [1.165, 1.54) is 55.7 Å². The van der Waals surface area contributed by atoms with E-state index in [0.717, 1.165) is 25.0 Å². The van der Waals surface area contributed by atoms with Crippen molar-refractivity contribution in [1.29, 1.82) is 0 Å². The number of unbranched alkanes of at least 4 members (excludes halogenated alkanes) is 4. The van der Waals surface area contributed by atoms with Crippen molar-refractivity contribution in [2.24, 2.45) is 5.92 Å². The van der Waals surface area contributed by atoms with Crippen molar-refractivity contribution < 1.29 is 52.0 Å². The fraction of sp³-hybridized carbons (Fsp3) is 0.375. The van der Waals surface area contributed by atoms with Crippen LogP contribution in [-0.4, -0.2) is 59.4 Å². The number of hydrogen-bond donors (Lipinski definition) is 4. The summed E-state index contributed by atoms with van der Waals surface area (Å²) in [5.74, 6) is -1.61. The van der Waals surface area contributed by atoms with Gasteiger partial charge in [-0.1, -0.05) is 75.9 Å². The van der Waals surface area contributed by atoms with E-state index in [2.05, 4.69) is 22.3 Å².